The fraction of sp³-hybridized carbons (Fsp3) is 0.625. The Labute approximate surface area is 117 Å². The molecule has 2 heteroatoms. The predicted molar refractivity (Wildman–Crippen MR) is 84.5 cm³/mol. The minimum Gasteiger partial charge on any atom is -0.310 e. The third-order valence-corrected chi connectivity index (χ3v) is 4.06. The fourth-order valence-electron chi connectivity index (χ4n) is 2.13. The second kappa shape index (κ2) is 9.46. The molecule has 0 fully saturated rings. The van der Waals surface area contributed by atoms with E-state index in [1.807, 2.05) is 11.8 Å². The van der Waals surface area contributed by atoms with Crippen LogP contribution in [0.25, 0.3) is 0 Å². The van der Waals surface area contributed by atoms with Gasteiger partial charge < -0.3 is 5.32 Å². The van der Waals surface area contributed by atoms with Gasteiger partial charge in [-0.2, -0.15) is 11.8 Å². The predicted octanol–water partition coefficient (Wildman–Crippen LogP) is 4.43. The normalized spacial score (nSPS) is 12.6. The molecule has 0 saturated heterocycles. The number of hydrogen-bond donors (Lipinski definition) is 1. The first-order valence-corrected chi connectivity index (χ1v) is 8.52. The molecule has 0 aliphatic carbocycles. The van der Waals surface area contributed by atoms with Crippen LogP contribution in [0.4, 0.5) is 0 Å². The van der Waals surface area contributed by atoms with Gasteiger partial charge in [0.15, 0.2) is 0 Å². The molecule has 0 amide bonds. The Hall–Kier alpha value is -0.470. The molecule has 0 radical (unpaired) electrons. The summed E-state index contributed by atoms with van der Waals surface area (Å²) < 4.78 is 0. The first-order chi connectivity index (χ1) is 8.81. The molecular weight excluding hydrogens is 238 g/mol. The van der Waals surface area contributed by atoms with Crippen molar-refractivity contribution >= 4 is 11.8 Å². The molecule has 1 aromatic carbocycles. The lowest BCUT2D eigenvalue weighted by molar-refractivity contribution is 0.508. The maximum Gasteiger partial charge on any atom is 0.0317 e. The van der Waals surface area contributed by atoms with E-state index in [0.717, 1.165) is 19.4 Å². The van der Waals surface area contributed by atoms with Crippen LogP contribution in [0.15, 0.2) is 24.3 Å². The Bertz CT molecular complexity index is 307. The summed E-state index contributed by atoms with van der Waals surface area (Å²) in [6.07, 6.45) is 7.06. The van der Waals surface area contributed by atoms with E-state index in [1.165, 1.54) is 29.7 Å². The van der Waals surface area contributed by atoms with Gasteiger partial charge in [0.2, 0.25) is 0 Å². The van der Waals surface area contributed by atoms with Crippen LogP contribution >= 0.6 is 11.8 Å². The van der Waals surface area contributed by atoms with E-state index in [2.05, 4.69) is 49.7 Å². The van der Waals surface area contributed by atoms with Crippen molar-refractivity contribution in [2.45, 2.75) is 45.6 Å². The molecule has 1 nitrogen and oxygen atoms in total. The third kappa shape index (κ3) is 5.45. The Morgan fingerprint density at radius 3 is 2.39 bits per heavy atom. The highest BCUT2D eigenvalue weighted by Gasteiger charge is 2.07. The van der Waals surface area contributed by atoms with E-state index in [0.29, 0.717) is 6.04 Å². The van der Waals surface area contributed by atoms with Crippen LogP contribution in [0.3, 0.4) is 0 Å². The first-order valence-electron chi connectivity index (χ1n) is 7.13. The van der Waals surface area contributed by atoms with Crippen molar-refractivity contribution in [2.24, 2.45) is 0 Å². The van der Waals surface area contributed by atoms with Crippen LogP contribution in [0.1, 0.15) is 50.3 Å². The molecule has 1 unspecified atom stereocenters. The average molecular weight is 265 g/mol. The van der Waals surface area contributed by atoms with E-state index >= 15 is 0 Å². The van der Waals surface area contributed by atoms with Gasteiger partial charge in [-0.15, -0.1) is 0 Å². The number of rotatable bonds is 9. The van der Waals surface area contributed by atoms with Crippen LogP contribution in [-0.2, 0) is 6.42 Å². The fourth-order valence-corrected chi connectivity index (χ4v) is 2.62. The maximum absolute atomic E-state index is 3.67. The lowest BCUT2D eigenvalue weighted by Gasteiger charge is -2.17. The van der Waals surface area contributed by atoms with Crippen molar-refractivity contribution < 1.29 is 0 Å². The van der Waals surface area contributed by atoms with Gasteiger partial charge in [0, 0.05) is 6.04 Å². The number of nitrogens with one attached hydrogen (secondary N) is 1. The summed E-state index contributed by atoms with van der Waals surface area (Å²) in [4.78, 5) is 0. The summed E-state index contributed by atoms with van der Waals surface area (Å²) in [5, 5.41) is 3.67. The highest BCUT2D eigenvalue weighted by atomic mass is 32.2. The Morgan fingerprint density at radius 2 is 1.83 bits per heavy atom. The zero-order valence-corrected chi connectivity index (χ0v) is 12.9. The first kappa shape index (κ1) is 15.6. The Kier molecular flexibility index (Phi) is 8.19. The lowest BCUT2D eigenvalue weighted by atomic mass is 10.0. The Balaban J connectivity index is 2.39. The molecule has 0 bridgehead atoms. The molecule has 18 heavy (non-hydrogen) atoms. The zero-order chi connectivity index (χ0) is 13.2. The number of unbranched alkanes of at least 4 members (excludes halogenated alkanes) is 1. The summed E-state index contributed by atoms with van der Waals surface area (Å²) in [5.41, 5.74) is 2.85. The third-order valence-electron chi connectivity index (χ3n) is 3.36. The van der Waals surface area contributed by atoms with Crippen LogP contribution < -0.4 is 5.32 Å². The van der Waals surface area contributed by atoms with Gasteiger partial charge in [0.05, 0.1) is 0 Å². The molecule has 1 aromatic rings. The van der Waals surface area contributed by atoms with Gasteiger partial charge in [-0.25, -0.2) is 0 Å². The molecule has 1 atom stereocenters. The van der Waals surface area contributed by atoms with Crippen molar-refractivity contribution in [2.75, 3.05) is 18.6 Å². The summed E-state index contributed by atoms with van der Waals surface area (Å²) in [5.74, 6) is 1.28. The van der Waals surface area contributed by atoms with Gasteiger partial charge in [0.25, 0.3) is 0 Å². The molecule has 1 rings (SSSR count). The highest BCUT2D eigenvalue weighted by molar-refractivity contribution is 7.98. The quantitative estimate of drug-likeness (QED) is 0.663. The van der Waals surface area contributed by atoms with Crippen LogP contribution in [0.2, 0.25) is 0 Å². The van der Waals surface area contributed by atoms with Crippen molar-refractivity contribution in [1.82, 2.24) is 5.32 Å². The number of hydrogen-bond acceptors (Lipinski definition) is 2. The summed E-state index contributed by atoms with van der Waals surface area (Å²) >= 11 is 1.94. The number of aryl methyl sites for hydroxylation is 1. The molecule has 0 spiro atoms. The molecular formula is C16H27NS. The van der Waals surface area contributed by atoms with E-state index in [1.54, 1.807) is 0 Å². The zero-order valence-electron chi connectivity index (χ0n) is 12.0. The monoisotopic (exact) mass is 265 g/mol. The smallest absolute Gasteiger partial charge is 0.0317 e. The molecule has 0 aliphatic heterocycles. The minimum absolute atomic E-state index is 0.519. The molecule has 0 heterocycles. The van der Waals surface area contributed by atoms with Crippen molar-refractivity contribution in [3.63, 3.8) is 0 Å². The second-order valence-corrected chi connectivity index (χ2v) is 5.70. The van der Waals surface area contributed by atoms with E-state index in [9.17, 15) is 0 Å². The average Bonchev–Trinajstić information content (AvgIpc) is 2.43. The van der Waals surface area contributed by atoms with Crippen LogP contribution in [0, 0.1) is 0 Å². The summed E-state index contributed by atoms with van der Waals surface area (Å²) in [6, 6.07) is 9.59. The van der Waals surface area contributed by atoms with Crippen molar-refractivity contribution in [1.29, 1.82) is 0 Å². The second-order valence-electron chi connectivity index (χ2n) is 4.71. The van der Waals surface area contributed by atoms with Gasteiger partial charge >= 0.3 is 0 Å². The van der Waals surface area contributed by atoms with Crippen molar-refractivity contribution in [3.8, 4) is 0 Å². The SMILES string of the molecule is CCc1ccc(C(CC)NCCCCSC)cc1. The molecule has 0 aromatic heterocycles. The van der Waals surface area contributed by atoms with Crippen LogP contribution in [0.5, 0.6) is 0 Å². The Morgan fingerprint density at radius 1 is 1.11 bits per heavy atom. The highest BCUT2D eigenvalue weighted by Crippen LogP contribution is 2.17. The van der Waals surface area contributed by atoms with Gasteiger partial charge in [0.1, 0.15) is 0 Å². The van der Waals surface area contributed by atoms with Gasteiger partial charge in [-0.1, -0.05) is 38.1 Å². The molecule has 1 N–H and O–H groups in total. The number of benzene rings is 1. The summed E-state index contributed by atoms with van der Waals surface area (Å²) in [7, 11) is 0. The molecule has 0 saturated carbocycles. The van der Waals surface area contributed by atoms with Crippen molar-refractivity contribution in [3.05, 3.63) is 35.4 Å². The largest absolute Gasteiger partial charge is 0.310 e. The standard InChI is InChI=1S/C16H27NS/c1-4-14-8-10-15(11-9-14)16(5-2)17-12-6-7-13-18-3/h8-11,16-17H,4-7,12-13H2,1-3H3. The van der Waals surface area contributed by atoms with Gasteiger partial charge in [-0.05, 0) is 55.4 Å². The van der Waals surface area contributed by atoms with Gasteiger partial charge in [-0.3, -0.25) is 0 Å². The molecule has 102 valence electrons. The minimum atomic E-state index is 0.519. The topological polar surface area (TPSA) is 12.0 Å². The van der Waals surface area contributed by atoms with E-state index < -0.39 is 0 Å². The number of thioether (sulfide) groups is 1. The van der Waals surface area contributed by atoms with E-state index in [4.69, 9.17) is 0 Å². The van der Waals surface area contributed by atoms with Crippen LogP contribution in [-0.4, -0.2) is 18.6 Å². The maximum atomic E-state index is 3.67. The van der Waals surface area contributed by atoms with E-state index in [-0.39, 0.29) is 0 Å². The lowest BCUT2D eigenvalue weighted by Crippen LogP contribution is -2.22. The molecule has 0 aliphatic rings. The summed E-state index contributed by atoms with van der Waals surface area (Å²) in [6.45, 7) is 5.60.